The van der Waals surface area contributed by atoms with Gasteiger partial charge in [-0.05, 0) is 31.2 Å². The monoisotopic (exact) mass is 250 g/mol. The van der Waals surface area contributed by atoms with Crippen LogP contribution in [0.4, 0.5) is 8.78 Å². The quantitative estimate of drug-likeness (QED) is 0.747. The van der Waals surface area contributed by atoms with Crippen LogP contribution in [0.25, 0.3) is 0 Å². The molecular formula is C12H24F2N2O. The Labute approximate surface area is 102 Å². The number of hydrogen-bond acceptors (Lipinski definition) is 3. The largest absolute Gasteiger partial charge is 0.395 e. The highest BCUT2D eigenvalue weighted by Crippen LogP contribution is 2.31. The predicted octanol–water partition coefficient (Wildman–Crippen LogP) is 1.31. The summed E-state index contributed by atoms with van der Waals surface area (Å²) in [5.74, 6) is 0.846. The van der Waals surface area contributed by atoms with E-state index >= 15 is 0 Å². The molecule has 102 valence electrons. The van der Waals surface area contributed by atoms with Crippen molar-refractivity contribution in [3.05, 3.63) is 0 Å². The minimum Gasteiger partial charge on any atom is -0.395 e. The van der Waals surface area contributed by atoms with E-state index in [4.69, 9.17) is 10.8 Å². The predicted molar refractivity (Wildman–Crippen MR) is 64.0 cm³/mol. The van der Waals surface area contributed by atoms with Crippen LogP contribution < -0.4 is 5.73 Å². The Morgan fingerprint density at radius 1 is 1.41 bits per heavy atom. The lowest BCUT2D eigenvalue weighted by molar-refractivity contribution is 0.0171. The molecule has 3 unspecified atom stereocenters. The number of nitrogens with two attached hydrogens (primary N) is 1. The molecule has 0 spiro atoms. The molecule has 0 aromatic heterocycles. The van der Waals surface area contributed by atoms with Crippen molar-refractivity contribution in [2.45, 2.75) is 38.7 Å². The van der Waals surface area contributed by atoms with Gasteiger partial charge < -0.3 is 10.8 Å². The average molecular weight is 250 g/mol. The fourth-order valence-corrected chi connectivity index (χ4v) is 2.83. The molecule has 3 N–H and O–H groups in total. The first-order chi connectivity index (χ1) is 8.08. The Morgan fingerprint density at radius 2 is 2.12 bits per heavy atom. The fourth-order valence-electron chi connectivity index (χ4n) is 2.83. The summed E-state index contributed by atoms with van der Waals surface area (Å²) < 4.78 is 25.1. The molecule has 1 fully saturated rings. The van der Waals surface area contributed by atoms with Gasteiger partial charge in [0.1, 0.15) is 0 Å². The Morgan fingerprint density at radius 3 is 2.65 bits per heavy atom. The lowest BCUT2D eigenvalue weighted by Gasteiger charge is -2.41. The number of rotatable bonds is 6. The molecule has 1 saturated carbocycles. The molecule has 3 atom stereocenters. The van der Waals surface area contributed by atoms with Gasteiger partial charge in [-0.15, -0.1) is 0 Å². The van der Waals surface area contributed by atoms with Crippen LogP contribution in [-0.4, -0.2) is 48.7 Å². The van der Waals surface area contributed by atoms with Crippen LogP contribution >= 0.6 is 0 Å². The van der Waals surface area contributed by atoms with E-state index in [1.54, 1.807) is 4.90 Å². The summed E-state index contributed by atoms with van der Waals surface area (Å²) >= 11 is 0. The number of nitrogens with zero attached hydrogens (tertiary/aromatic N) is 1. The van der Waals surface area contributed by atoms with E-state index in [1.807, 2.05) is 0 Å². The Balaban J connectivity index is 2.66. The minimum atomic E-state index is -2.35. The van der Waals surface area contributed by atoms with Gasteiger partial charge in [-0.1, -0.05) is 13.3 Å². The van der Waals surface area contributed by atoms with Gasteiger partial charge >= 0.3 is 0 Å². The van der Waals surface area contributed by atoms with Crippen LogP contribution in [0.1, 0.15) is 26.2 Å². The van der Waals surface area contributed by atoms with Gasteiger partial charge in [0.15, 0.2) is 0 Å². The summed E-state index contributed by atoms with van der Waals surface area (Å²) in [5.41, 5.74) is 5.73. The van der Waals surface area contributed by atoms with E-state index in [0.29, 0.717) is 19.0 Å². The van der Waals surface area contributed by atoms with Crippen LogP contribution in [0, 0.1) is 11.8 Å². The Bertz CT molecular complexity index is 217. The molecule has 1 rings (SSSR count). The zero-order valence-electron chi connectivity index (χ0n) is 10.5. The van der Waals surface area contributed by atoms with Gasteiger partial charge in [0, 0.05) is 12.6 Å². The van der Waals surface area contributed by atoms with Crippen molar-refractivity contribution in [3.8, 4) is 0 Å². The van der Waals surface area contributed by atoms with Crippen molar-refractivity contribution in [2.24, 2.45) is 17.6 Å². The van der Waals surface area contributed by atoms with E-state index in [-0.39, 0.29) is 25.1 Å². The molecule has 0 heterocycles. The third-order valence-electron chi connectivity index (χ3n) is 3.75. The number of alkyl halides is 2. The number of hydrogen-bond donors (Lipinski definition) is 2. The lowest BCUT2D eigenvalue weighted by atomic mass is 9.78. The first-order valence-corrected chi connectivity index (χ1v) is 6.41. The van der Waals surface area contributed by atoms with E-state index in [0.717, 1.165) is 19.3 Å². The van der Waals surface area contributed by atoms with Crippen LogP contribution in [0.2, 0.25) is 0 Å². The highest BCUT2D eigenvalue weighted by atomic mass is 19.3. The summed E-state index contributed by atoms with van der Waals surface area (Å²) in [6.45, 7) is 2.68. The van der Waals surface area contributed by atoms with Gasteiger partial charge in [-0.2, -0.15) is 0 Å². The highest BCUT2D eigenvalue weighted by molar-refractivity contribution is 4.86. The first-order valence-electron chi connectivity index (χ1n) is 6.41. The molecule has 0 aromatic carbocycles. The number of aliphatic hydroxyl groups excluding tert-OH is 1. The second-order valence-electron chi connectivity index (χ2n) is 5.09. The van der Waals surface area contributed by atoms with E-state index < -0.39 is 6.43 Å². The summed E-state index contributed by atoms with van der Waals surface area (Å²) in [6, 6.07) is 0.102. The first kappa shape index (κ1) is 14.8. The second kappa shape index (κ2) is 7.24. The van der Waals surface area contributed by atoms with E-state index in [2.05, 4.69) is 6.92 Å². The average Bonchev–Trinajstić information content (AvgIpc) is 2.28. The van der Waals surface area contributed by atoms with Crippen LogP contribution in [0.5, 0.6) is 0 Å². The third-order valence-corrected chi connectivity index (χ3v) is 3.75. The normalized spacial score (nSPS) is 30.2. The number of halogens is 2. The van der Waals surface area contributed by atoms with Crippen molar-refractivity contribution in [1.82, 2.24) is 4.90 Å². The minimum absolute atomic E-state index is 0.0745. The van der Waals surface area contributed by atoms with E-state index in [9.17, 15) is 8.78 Å². The molecule has 0 radical (unpaired) electrons. The Kier molecular flexibility index (Phi) is 6.30. The molecule has 0 aromatic rings. The zero-order chi connectivity index (χ0) is 12.8. The van der Waals surface area contributed by atoms with Crippen LogP contribution in [-0.2, 0) is 0 Å². The smallest absolute Gasteiger partial charge is 0.251 e. The van der Waals surface area contributed by atoms with Crippen molar-refractivity contribution < 1.29 is 13.9 Å². The van der Waals surface area contributed by atoms with Gasteiger partial charge in [0.25, 0.3) is 6.43 Å². The third kappa shape index (κ3) is 4.48. The summed E-state index contributed by atoms with van der Waals surface area (Å²) in [5, 5.41) is 8.99. The Hall–Kier alpha value is -0.260. The molecule has 0 saturated heterocycles. The summed E-state index contributed by atoms with van der Waals surface area (Å²) in [4.78, 5) is 1.72. The zero-order valence-corrected chi connectivity index (χ0v) is 10.5. The van der Waals surface area contributed by atoms with Crippen molar-refractivity contribution in [2.75, 3.05) is 26.2 Å². The standard InChI is InChI=1S/C12H24F2N2O/c1-9-2-3-10(7-15)11(6-9)16(4-5-17)8-12(13)14/h9-12,17H,2-8,15H2,1H3. The van der Waals surface area contributed by atoms with Gasteiger partial charge in [-0.25, -0.2) is 8.78 Å². The molecular weight excluding hydrogens is 226 g/mol. The number of aliphatic hydroxyl groups is 1. The van der Waals surface area contributed by atoms with E-state index in [1.165, 1.54) is 0 Å². The maximum atomic E-state index is 12.5. The molecule has 3 nitrogen and oxygen atoms in total. The maximum absolute atomic E-state index is 12.5. The van der Waals surface area contributed by atoms with Crippen LogP contribution in [0.3, 0.4) is 0 Å². The molecule has 0 bridgehead atoms. The SMILES string of the molecule is CC1CCC(CN)C(N(CCO)CC(F)F)C1. The molecule has 0 amide bonds. The van der Waals surface area contributed by atoms with Gasteiger partial charge in [0.2, 0.25) is 0 Å². The summed E-state index contributed by atoms with van der Waals surface area (Å²) in [6.07, 6.45) is 0.694. The highest BCUT2D eigenvalue weighted by Gasteiger charge is 2.32. The molecule has 17 heavy (non-hydrogen) atoms. The van der Waals surface area contributed by atoms with Gasteiger partial charge in [-0.3, -0.25) is 4.90 Å². The van der Waals surface area contributed by atoms with Crippen molar-refractivity contribution in [3.63, 3.8) is 0 Å². The van der Waals surface area contributed by atoms with Crippen LogP contribution in [0.15, 0.2) is 0 Å². The summed E-state index contributed by atoms with van der Waals surface area (Å²) in [7, 11) is 0. The fraction of sp³-hybridized carbons (Fsp3) is 1.00. The molecule has 1 aliphatic rings. The topological polar surface area (TPSA) is 49.5 Å². The lowest BCUT2D eigenvalue weighted by Crippen LogP contribution is -2.49. The second-order valence-corrected chi connectivity index (χ2v) is 5.09. The van der Waals surface area contributed by atoms with Gasteiger partial charge in [0.05, 0.1) is 13.2 Å². The van der Waals surface area contributed by atoms with Crippen molar-refractivity contribution in [1.29, 1.82) is 0 Å². The molecule has 1 aliphatic carbocycles. The maximum Gasteiger partial charge on any atom is 0.251 e. The van der Waals surface area contributed by atoms with Crippen molar-refractivity contribution >= 4 is 0 Å². The molecule has 0 aliphatic heterocycles. The molecule has 5 heteroatoms.